The Kier molecular flexibility index (Phi) is 5.85. The molecule has 0 radical (unpaired) electrons. The Labute approximate surface area is 222 Å². The number of amides is 2. The van der Waals surface area contributed by atoms with E-state index in [0.717, 1.165) is 66.0 Å². The molecule has 2 aromatic heterocycles. The minimum Gasteiger partial charge on any atom is -0.383 e. The van der Waals surface area contributed by atoms with Crippen molar-refractivity contribution in [3.8, 4) is 11.3 Å². The van der Waals surface area contributed by atoms with Crippen LogP contribution < -0.4 is 11.1 Å². The molecular weight excluding hydrogens is 476 g/mol. The molecule has 3 aromatic rings. The monoisotopic (exact) mass is 510 g/mol. The van der Waals surface area contributed by atoms with Crippen LogP contribution in [0.25, 0.3) is 27.9 Å². The van der Waals surface area contributed by atoms with Crippen molar-refractivity contribution in [1.82, 2.24) is 19.4 Å². The van der Waals surface area contributed by atoms with Gasteiger partial charge >= 0.3 is 0 Å². The lowest BCUT2D eigenvalue weighted by atomic mass is 9.84. The van der Waals surface area contributed by atoms with Crippen LogP contribution in [0.5, 0.6) is 0 Å². The molecule has 3 aliphatic rings. The summed E-state index contributed by atoms with van der Waals surface area (Å²) in [5, 5.41) is 3.70. The summed E-state index contributed by atoms with van der Waals surface area (Å²) in [5.74, 6) is 1.98. The molecule has 6 rings (SSSR count). The fraction of sp³-hybridized carbons (Fsp3) is 0.400. The number of likely N-dealkylation sites (tertiary alicyclic amines) is 1. The zero-order chi connectivity index (χ0) is 26.7. The van der Waals surface area contributed by atoms with E-state index in [4.69, 9.17) is 5.73 Å². The number of anilines is 2. The lowest BCUT2D eigenvalue weighted by Gasteiger charge is -2.28. The summed E-state index contributed by atoms with van der Waals surface area (Å²) in [5.41, 5.74) is 12.5. The number of nitrogens with one attached hydrogen (secondary N) is 1. The van der Waals surface area contributed by atoms with Gasteiger partial charge in [-0.1, -0.05) is 31.7 Å². The van der Waals surface area contributed by atoms with Crippen LogP contribution in [0.4, 0.5) is 11.5 Å². The van der Waals surface area contributed by atoms with Crippen molar-refractivity contribution < 1.29 is 9.59 Å². The van der Waals surface area contributed by atoms with Crippen molar-refractivity contribution in [1.29, 1.82) is 0 Å². The number of carbonyl (C=O) groups excluding carboxylic acids is 2. The smallest absolute Gasteiger partial charge is 0.250 e. The number of benzene rings is 1. The van der Waals surface area contributed by atoms with E-state index in [9.17, 15) is 9.59 Å². The molecule has 3 N–H and O–H groups in total. The molecule has 8 heteroatoms. The van der Waals surface area contributed by atoms with Crippen molar-refractivity contribution in [2.24, 2.45) is 24.8 Å². The highest BCUT2D eigenvalue weighted by molar-refractivity contribution is 6.05. The number of fused-ring (bicyclic) bond motifs is 2. The number of allylic oxidation sites excluding steroid dienone is 2. The molecule has 38 heavy (non-hydrogen) atoms. The molecule has 2 fully saturated rings. The second-order valence-electron chi connectivity index (χ2n) is 11.1. The molecule has 3 heterocycles. The highest BCUT2D eigenvalue weighted by atomic mass is 16.2. The van der Waals surface area contributed by atoms with Gasteiger partial charge in [-0.2, -0.15) is 0 Å². The standard InChI is InChI=1S/C30H34N6O2/c1-16(2)29(37)34-21-11-9-19(10-12-21)26-23(24-27(31)32-15-33-28(24)35(26)4)18-5-7-20(8-6-18)30(38)36-14-13-22-17(3)25(22)36/h5,9-12,15,17,20,22,25H,1,6-8,13-14H2,2-4H3,(H,34,37)(H2,31,32,33)/t17?,20-,22?,25?/m0/s1. The molecular formula is C30H34N6O2. The van der Waals surface area contributed by atoms with Crippen LogP contribution in [0.15, 0.2) is 48.8 Å². The van der Waals surface area contributed by atoms with Crippen molar-refractivity contribution in [2.75, 3.05) is 17.6 Å². The van der Waals surface area contributed by atoms with Gasteiger partial charge in [-0.15, -0.1) is 0 Å². The van der Waals surface area contributed by atoms with E-state index in [-0.39, 0.29) is 11.8 Å². The second-order valence-corrected chi connectivity index (χ2v) is 11.1. The summed E-state index contributed by atoms with van der Waals surface area (Å²) >= 11 is 0. The van der Waals surface area contributed by atoms with Crippen molar-refractivity contribution in [3.05, 3.63) is 54.4 Å². The fourth-order valence-electron chi connectivity index (χ4n) is 6.56. The molecule has 2 amide bonds. The Morgan fingerprint density at radius 3 is 2.55 bits per heavy atom. The first-order chi connectivity index (χ1) is 18.3. The van der Waals surface area contributed by atoms with Crippen LogP contribution in [0.1, 0.15) is 45.1 Å². The van der Waals surface area contributed by atoms with Gasteiger partial charge in [-0.25, -0.2) is 9.97 Å². The van der Waals surface area contributed by atoms with Crippen LogP contribution in [0.2, 0.25) is 0 Å². The summed E-state index contributed by atoms with van der Waals surface area (Å²) in [4.78, 5) is 36.4. The van der Waals surface area contributed by atoms with Crippen LogP contribution in [0, 0.1) is 17.8 Å². The lowest BCUT2D eigenvalue weighted by Crippen LogP contribution is -2.37. The number of carbonyl (C=O) groups is 2. The molecule has 1 saturated carbocycles. The maximum atomic E-state index is 13.4. The largest absolute Gasteiger partial charge is 0.383 e. The summed E-state index contributed by atoms with van der Waals surface area (Å²) in [6.07, 6.45) is 7.21. The summed E-state index contributed by atoms with van der Waals surface area (Å²) in [6.45, 7) is 8.56. The Hall–Kier alpha value is -3.94. The van der Waals surface area contributed by atoms with Gasteiger partial charge in [0, 0.05) is 42.4 Å². The van der Waals surface area contributed by atoms with Gasteiger partial charge in [0.15, 0.2) is 0 Å². The van der Waals surface area contributed by atoms with Crippen LogP contribution in [-0.2, 0) is 16.6 Å². The number of hydrogen-bond acceptors (Lipinski definition) is 5. The fourth-order valence-corrected chi connectivity index (χ4v) is 6.56. The molecule has 1 saturated heterocycles. The number of aromatic nitrogens is 3. The average Bonchev–Trinajstić information content (AvgIpc) is 3.23. The van der Waals surface area contributed by atoms with Crippen LogP contribution in [-0.4, -0.2) is 43.8 Å². The minimum absolute atomic E-state index is 0.0357. The third-order valence-electron chi connectivity index (χ3n) is 8.74. The number of rotatable bonds is 5. The SMILES string of the molecule is C=C(C)C(=O)Nc1ccc(-c2c(C3=CC[C@H](C(=O)N4CCC5C(C)C54)CC3)c3c(N)ncnc3n2C)cc1. The van der Waals surface area contributed by atoms with E-state index in [0.29, 0.717) is 34.9 Å². The van der Waals surface area contributed by atoms with Gasteiger partial charge in [0.2, 0.25) is 5.91 Å². The molecule has 1 aromatic carbocycles. The molecule has 2 aliphatic carbocycles. The molecule has 3 unspecified atom stereocenters. The van der Waals surface area contributed by atoms with Crippen molar-refractivity contribution in [2.45, 2.75) is 45.6 Å². The first-order valence-corrected chi connectivity index (χ1v) is 13.4. The third kappa shape index (κ3) is 3.90. The Morgan fingerprint density at radius 2 is 1.92 bits per heavy atom. The summed E-state index contributed by atoms with van der Waals surface area (Å²) in [7, 11) is 1.99. The zero-order valence-corrected chi connectivity index (χ0v) is 22.2. The Morgan fingerprint density at radius 1 is 1.16 bits per heavy atom. The molecule has 4 atom stereocenters. The van der Waals surface area contributed by atoms with E-state index in [1.54, 1.807) is 6.92 Å². The van der Waals surface area contributed by atoms with Gasteiger partial charge in [0.1, 0.15) is 17.8 Å². The average molecular weight is 511 g/mol. The van der Waals surface area contributed by atoms with Crippen LogP contribution >= 0.6 is 0 Å². The highest BCUT2D eigenvalue weighted by Crippen LogP contribution is 2.51. The normalized spacial score (nSPS) is 24.2. The maximum absolute atomic E-state index is 13.4. The maximum Gasteiger partial charge on any atom is 0.250 e. The molecule has 196 valence electrons. The first-order valence-electron chi connectivity index (χ1n) is 13.4. The van der Waals surface area contributed by atoms with Gasteiger partial charge in [0.25, 0.3) is 5.91 Å². The van der Waals surface area contributed by atoms with E-state index < -0.39 is 0 Å². The number of piperidine rings is 1. The molecule has 8 nitrogen and oxygen atoms in total. The van der Waals surface area contributed by atoms with Crippen molar-refractivity contribution >= 4 is 39.9 Å². The van der Waals surface area contributed by atoms with E-state index in [1.165, 1.54) is 11.9 Å². The second kappa shape index (κ2) is 9.11. The first kappa shape index (κ1) is 24.4. The Bertz CT molecular complexity index is 1500. The van der Waals surface area contributed by atoms with Gasteiger partial charge in [-0.3, -0.25) is 9.59 Å². The zero-order valence-electron chi connectivity index (χ0n) is 22.2. The summed E-state index contributed by atoms with van der Waals surface area (Å²) < 4.78 is 2.06. The predicted molar refractivity (Wildman–Crippen MR) is 150 cm³/mol. The number of nitrogens with zero attached hydrogens (tertiary/aromatic N) is 4. The number of hydrogen-bond donors (Lipinski definition) is 2. The third-order valence-corrected chi connectivity index (χ3v) is 8.74. The van der Waals surface area contributed by atoms with E-state index >= 15 is 0 Å². The predicted octanol–water partition coefficient (Wildman–Crippen LogP) is 4.78. The lowest BCUT2D eigenvalue weighted by molar-refractivity contribution is -0.135. The van der Waals surface area contributed by atoms with Crippen LogP contribution in [0.3, 0.4) is 0 Å². The number of nitrogen functional groups attached to an aromatic ring is 1. The molecule has 0 bridgehead atoms. The topological polar surface area (TPSA) is 106 Å². The van der Waals surface area contributed by atoms with Gasteiger partial charge < -0.3 is 20.5 Å². The summed E-state index contributed by atoms with van der Waals surface area (Å²) in [6, 6.07) is 8.23. The van der Waals surface area contributed by atoms with Gasteiger partial charge in [-0.05, 0) is 67.7 Å². The van der Waals surface area contributed by atoms with Crippen molar-refractivity contribution in [3.63, 3.8) is 0 Å². The number of aryl methyl sites for hydroxylation is 1. The number of nitrogens with two attached hydrogens (primary N) is 1. The van der Waals surface area contributed by atoms with E-state index in [1.807, 2.05) is 31.3 Å². The van der Waals surface area contributed by atoms with E-state index in [2.05, 4.69) is 44.3 Å². The minimum atomic E-state index is -0.205. The highest BCUT2D eigenvalue weighted by Gasteiger charge is 2.56. The Balaban J connectivity index is 1.34. The molecule has 1 aliphatic heterocycles. The quantitative estimate of drug-likeness (QED) is 0.481. The van der Waals surface area contributed by atoms with Gasteiger partial charge in [0.05, 0.1) is 11.1 Å². The molecule has 0 spiro atoms.